The number of hydrogen-bond donors (Lipinski definition) is 1. The van der Waals surface area contributed by atoms with Crippen LogP contribution < -0.4 is 4.90 Å². The molecule has 5 nitrogen and oxygen atoms in total. The maximum absolute atomic E-state index is 4.85. The van der Waals surface area contributed by atoms with Gasteiger partial charge in [-0.3, -0.25) is 4.90 Å². The van der Waals surface area contributed by atoms with Crippen LogP contribution in [-0.4, -0.2) is 45.0 Å². The summed E-state index contributed by atoms with van der Waals surface area (Å²) >= 11 is 1.83. The van der Waals surface area contributed by atoms with Crippen molar-refractivity contribution in [3.63, 3.8) is 0 Å². The van der Waals surface area contributed by atoms with Crippen molar-refractivity contribution in [2.75, 3.05) is 24.5 Å². The number of H-pyrrole nitrogens is 1. The first-order valence-electron chi connectivity index (χ1n) is 9.15. The minimum absolute atomic E-state index is 0.373. The van der Waals surface area contributed by atoms with Gasteiger partial charge in [0.25, 0.3) is 0 Å². The highest BCUT2D eigenvalue weighted by molar-refractivity contribution is 7.22. The topological polar surface area (TPSA) is 48.0 Å². The highest BCUT2D eigenvalue weighted by Gasteiger charge is 2.43. The van der Waals surface area contributed by atoms with Gasteiger partial charge in [-0.25, -0.2) is 9.97 Å². The molecule has 2 aliphatic rings. The van der Waals surface area contributed by atoms with Gasteiger partial charge < -0.3 is 9.88 Å². The third-order valence-electron chi connectivity index (χ3n) is 5.90. The van der Waals surface area contributed by atoms with Crippen molar-refractivity contribution < 1.29 is 0 Å². The van der Waals surface area contributed by atoms with E-state index in [1.54, 1.807) is 6.33 Å². The predicted octanol–water partition coefficient (Wildman–Crippen LogP) is 3.65. The van der Waals surface area contributed by atoms with Crippen molar-refractivity contribution in [2.24, 2.45) is 0 Å². The molecule has 0 aliphatic carbocycles. The van der Waals surface area contributed by atoms with E-state index < -0.39 is 0 Å². The number of nitrogens with zero attached hydrogens (tertiary/aromatic N) is 4. The summed E-state index contributed by atoms with van der Waals surface area (Å²) in [4.78, 5) is 17.5. The first-order chi connectivity index (χ1) is 12.3. The highest BCUT2D eigenvalue weighted by Crippen LogP contribution is 2.41. The summed E-state index contributed by atoms with van der Waals surface area (Å²) in [6.07, 6.45) is 8.86. The fourth-order valence-electron chi connectivity index (χ4n) is 4.49. The molecule has 1 aromatic carbocycles. The fourth-order valence-corrected chi connectivity index (χ4v) is 5.51. The Morgan fingerprint density at radius 2 is 2.00 bits per heavy atom. The van der Waals surface area contributed by atoms with E-state index in [0.717, 1.165) is 25.2 Å². The van der Waals surface area contributed by atoms with Crippen LogP contribution in [0.25, 0.3) is 10.2 Å². The largest absolute Gasteiger partial charge is 0.348 e. The molecule has 4 heterocycles. The van der Waals surface area contributed by atoms with Gasteiger partial charge in [0.05, 0.1) is 16.5 Å². The first kappa shape index (κ1) is 15.3. The monoisotopic (exact) mass is 353 g/mol. The summed E-state index contributed by atoms with van der Waals surface area (Å²) in [6.45, 7) is 4.43. The summed E-state index contributed by atoms with van der Waals surface area (Å²) in [5.41, 5.74) is 2.73. The lowest BCUT2D eigenvalue weighted by Crippen LogP contribution is -2.51. The second-order valence-corrected chi connectivity index (χ2v) is 8.29. The van der Waals surface area contributed by atoms with Crippen LogP contribution in [-0.2, 0) is 6.54 Å². The molecular formula is C19H23N5S. The van der Waals surface area contributed by atoms with Crippen molar-refractivity contribution in [3.8, 4) is 0 Å². The van der Waals surface area contributed by atoms with Gasteiger partial charge in [-0.2, -0.15) is 0 Å². The van der Waals surface area contributed by atoms with Crippen LogP contribution in [0, 0.1) is 0 Å². The average Bonchev–Trinajstić information content (AvgIpc) is 3.37. The number of aromatic nitrogens is 3. The summed E-state index contributed by atoms with van der Waals surface area (Å²) in [6, 6.07) is 8.46. The minimum atomic E-state index is 0.373. The second kappa shape index (κ2) is 6.11. The van der Waals surface area contributed by atoms with E-state index in [0.29, 0.717) is 5.54 Å². The molecule has 25 heavy (non-hydrogen) atoms. The van der Waals surface area contributed by atoms with Crippen LogP contribution >= 0.6 is 11.3 Å². The molecule has 6 heteroatoms. The lowest BCUT2D eigenvalue weighted by molar-refractivity contribution is 0.0986. The van der Waals surface area contributed by atoms with Gasteiger partial charge in [0.1, 0.15) is 0 Å². The van der Waals surface area contributed by atoms with Crippen LogP contribution in [0.1, 0.15) is 31.4 Å². The van der Waals surface area contributed by atoms with Crippen molar-refractivity contribution >= 4 is 26.7 Å². The molecule has 0 saturated carbocycles. The highest BCUT2D eigenvalue weighted by atomic mass is 32.1. The number of piperidine rings is 1. The normalized spacial score (nSPS) is 20.7. The Morgan fingerprint density at radius 1 is 1.12 bits per heavy atom. The predicted molar refractivity (Wildman–Crippen MR) is 102 cm³/mol. The lowest BCUT2D eigenvalue weighted by atomic mass is 9.85. The molecule has 2 fully saturated rings. The molecule has 5 rings (SSSR count). The summed E-state index contributed by atoms with van der Waals surface area (Å²) in [5.74, 6) is 0. The number of imidazole rings is 1. The average molecular weight is 353 g/mol. The van der Waals surface area contributed by atoms with Gasteiger partial charge in [-0.05, 0) is 44.4 Å². The molecule has 0 unspecified atom stereocenters. The van der Waals surface area contributed by atoms with Crippen LogP contribution in [0.3, 0.4) is 0 Å². The number of nitrogens with one attached hydrogen (secondary N) is 1. The Morgan fingerprint density at radius 3 is 2.80 bits per heavy atom. The third kappa shape index (κ3) is 2.73. The van der Waals surface area contributed by atoms with Crippen LogP contribution in [0.4, 0.5) is 5.13 Å². The van der Waals surface area contributed by atoms with Gasteiger partial charge in [0, 0.05) is 37.1 Å². The van der Waals surface area contributed by atoms with Crippen LogP contribution in [0.5, 0.6) is 0 Å². The van der Waals surface area contributed by atoms with Crippen LogP contribution in [0.2, 0.25) is 0 Å². The quantitative estimate of drug-likeness (QED) is 0.781. The van der Waals surface area contributed by atoms with E-state index in [-0.39, 0.29) is 0 Å². The zero-order valence-electron chi connectivity index (χ0n) is 14.3. The Kier molecular flexibility index (Phi) is 3.75. The van der Waals surface area contributed by atoms with Crippen molar-refractivity contribution in [1.82, 2.24) is 19.9 Å². The molecular weight excluding hydrogens is 330 g/mol. The molecule has 0 radical (unpaired) electrons. The smallest absolute Gasteiger partial charge is 0.186 e. The van der Waals surface area contributed by atoms with Gasteiger partial charge in [-0.1, -0.05) is 23.5 Å². The van der Waals surface area contributed by atoms with Gasteiger partial charge >= 0.3 is 0 Å². The van der Waals surface area contributed by atoms with E-state index in [1.807, 2.05) is 17.5 Å². The Balaban J connectivity index is 1.31. The van der Waals surface area contributed by atoms with Gasteiger partial charge in [0.2, 0.25) is 0 Å². The van der Waals surface area contributed by atoms with Crippen molar-refractivity contribution in [1.29, 1.82) is 0 Å². The minimum Gasteiger partial charge on any atom is -0.348 e. The number of rotatable bonds is 3. The number of benzene rings is 1. The van der Waals surface area contributed by atoms with E-state index in [9.17, 15) is 0 Å². The zero-order valence-corrected chi connectivity index (χ0v) is 15.1. The molecule has 3 aromatic rings. The maximum Gasteiger partial charge on any atom is 0.186 e. The van der Waals surface area contributed by atoms with E-state index in [1.165, 1.54) is 47.8 Å². The maximum atomic E-state index is 4.85. The molecule has 130 valence electrons. The molecule has 0 bridgehead atoms. The van der Waals surface area contributed by atoms with Crippen molar-refractivity contribution in [2.45, 2.75) is 37.8 Å². The van der Waals surface area contributed by atoms with E-state index in [2.05, 4.69) is 44.0 Å². The SMILES string of the molecule is c1ccc2sc(N3CCC4(CCCN4Cc4cnc[nH]4)CC3)nc2c1. The molecule has 0 amide bonds. The van der Waals surface area contributed by atoms with E-state index in [4.69, 9.17) is 4.98 Å². The van der Waals surface area contributed by atoms with Crippen molar-refractivity contribution in [3.05, 3.63) is 42.5 Å². The first-order valence-corrected chi connectivity index (χ1v) is 9.97. The summed E-state index contributed by atoms with van der Waals surface area (Å²) < 4.78 is 1.29. The summed E-state index contributed by atoms with van der Waals surface area (Å²) in [7, 11) is 0. The second-order valence-electron chi connectivity index (χ2n) is 7.28. The zero-order chi connectivity index (χ0) is 16.7. The third-order valence-corrected chi connectivity index (χ3v) is 7.00. The van der Waals surface area contributed by atoms with Gasteiger partial charge in [0.15, 0.2) is 5.13 Å². The number of aromatic amines is 1. The van der Waals surface area contributed by atoms with E-state index >= 15 is 0 Å². The number of thiazole rings is 1. The molecule has 2 aromatic heterocycles. The molecule has 1 N–H and O–H groups in total. The number of likely N-dealkylation sites (tertiary alicyclic amines) is 1. The standard InChI is InChI=1S/C19H23N5S/c1-2-5-17-16(4-1)22-18(25-17)23-10-7-19(8-11-23)6-3-9-24(19)13-15-12-20-14-21-15/h1-2,4-5,12,14H,3,6-11,13H2,(H,20,21). The lowest BCUT2D eigenvalue weighted by Gasteiger charge is -2.45. The molecule has 0 atom stereocenters. The Labute approximate surface area is 151 Å². The van der Waals surface area contributed by atoms with Crippen LogP contribution in [0.15, 0.2) is 36.8 Å². The molecule has 2 aliphatic heterocycles. The Bertz CT molecular complexity index is 815. The Hall–Kier alpha value is -1.92. The van der Waals surface area contributed by atoms with Gasteiger partial charge in [-0.15, -0.1) is 0 Å². The fraction of sp³-hybridized carbons (Fsp3) is 0.474. The number of anilines is 1. The molecule has 1 spiro atoms. The summed E-state index contributed by atoms with van der Waals surface area (Å²) in [5, 5.41) is 1.19. The number of para-hydroxylation sites is 1. The number of fused-ring (bicyclic) bond motifs is 1. The molecule has 2 saturated heterocycles. The number of hydrogen-bond acceptors (Lipinski definition) is 5.